The van der Waals surface area contributed by atoms with Crippen LogP contribution >= 0.6 is 0 Å². The molecule has 1 aromatic carbocycles. The number of fused-ring (bicyclic) bond motifs is 3. The van der Waals surface area contributed by atoms with Crippen molar-refractivity contribution in [1.82, 2.24) is 29.9 Å². The summed E-state index contributed by atoms with van der Waals surface area (Å²) in [5, 5.41) is 7.57. The summed E-state index contributed by atoms with van der Waals surface area (Å²) in [6.07, 6.45) is 3.17. The summed E-state index contributed by atoms with van der Waals surface area (Å²) in [4.78, 5) is 40.5. The fraction of sp³-hybridized carbons (Fsp3) is 0.250. The van der Waals surface area contributed by atoms with Gasteiger partial charge in [-0.15, -0.1) is 0 Å². The minimum Gasteiger partial charge on any atom is -0.378 e. The third kappa shape index (κ3) is 4.39. The molecular formula is C28H27N7O3. The maximum absolute atomic E-state index is 13.2. The zero-order valence-electron chi connectivity index (χ0n) is 21.2. The van der Waals surface area contributed by atoms with E-state index in [0.717, 1.165) is 48.8 Å². The molecule has 0 atom stereocenters. The van der Waals surface area contributed by atoms with E-state index in [-0.39, 0.29) is 17.5 Å². The minimum atomic E-state index is -0.466. The standard InChI is InChI=1S/C28H27N7O3/c1-17-13-24-32-18(2)25-26(36)22(16-30-27(25)35(24)33-17)28(37)31-15-19-3-8-23(29-14-19)20-4-6-21(7-5-20)34-9-11-38-12-10-34/h3-8,13-14,16H,9-12,15H2,1-2H3,(H,30,36)(H,31,37). The molecule has 4 aromatic heterocycles. The Labute approximate surface area is 218 Å². The molecule has 38 heavy (non-hydrogen) atoms. The number of ether oxygens (including phenoxy) is 1. The molecule has 1 fully saturated rings. The van der Waals surface area contributed by atoms with Gasteiger partial charge in [0.1, 0.15) is 11.2 Å². The molecule has 6 rings (SSSR count). The lowest BCUT2D eigenvalue weighted by atomic mass is 10.1. The van der Waals surface area contributed by atoms with Crippen LogP contribution in [0.5, 0.6) is 0 Å². The molecule has 0 saturated carbocycles. The first-order chi connectivity index (χ1) is 18.5. The highest BCUT2D eigenvalue weighted by Crippen LogP contribution is 2.23. The second-order valence-electron chi connectivity index (χ2n) is 9.39. The zero-order chi connectivity index (χ0) is 26.2. The Hall–Kier alpha value is -4.57. The Bertz CT molecular complexity index is 1700. The van der Waals surface area contributed by atoms with Gasteiger partial charge in [0.25, 0.3) is 5.91 Å². The average molecular weight is 510 g/mol. The fourth-order valence-electron chi connectivity index (χ4n) is 4.79. The zero-order valence-corrected chi connectivity index (χ0v) is 21.2. The lowest BCUT2D eigenvalue weighted by Gasteiger charge is -2.28. The molecule has 0 radical (unpaired) electrons. The smallest absolute Gasteiger partial charge is 0.257 e. The van der Waals surface area contributed by atoms with Crippen molar-refractivity contribution in [2.24, 2.45) is 0 Å². The van der Waals surface area contributed by atoms with Gasteiger partial charge in [0.05, 0.1) is 35.7 Å². The van der Waals surface area contributed by atoms with Crippen LogP contribution in [0.4, 0.5) is 5.69 Å². The Kier molecular flexibility index (Phi) is 6.09. The highest BCUT2D eigenvalue weighted by Gasteiger charge is 2.18. The average Bonchev–Trinajstić information content (AvgIpc) is 3.32. The first-order valence-corrected chi connectivity index (χ1v) is 12.5. The number of rotatable bonds is 5. The van der Waals surface area contributed by atoms with E-state index in [1.54, 1.807) is 17.6 Å². The predicted octanol–water partition coefficient (Wildman–Crippen LogP) is 3.02. The van der Waals surface area contributed by atoms with Crippen molar-refractivity contribution in [3.8, 4) is 11.3 Å². The number of aromatic nitrogens is 5. The lowest BCUT2D eigenvalue weighted by Crippen LogP contribution is -2.36. The van der Waals surface area contributed by atoms with Crippen molar-refractivity contribution in [2.75, 3.05) is 31.2 Å². The summed E-state index contributed by atoms with van der Waals surface area (Å²) in [6.45, 7) is 7.16. The van der Waals surface area contributed by atoms with E-state index in [0.29, 0.717) is 22.4 Å². The number of morpholine rings is 1. The number of aryl methyl sites for hydroxylation is 2. The van der Waals surface area contributed by atoms with Gasteiger partial charge < -0.3 is 19.9 Å². The number of nitrogens with one attached hydrogen (secondary N) is 2. The molecule has 1 aliphatic heterocycles. The molecular weight excluding hydrogens is 482 g/mol. The van der Waals surface area contributed by atoms with Gasteiger partial charge in [-0.2, -0.15) is 9.61 Å². The molecule has 10 heteroatoms. The van der Waals surface area contributed by atoms with Crippen LogP contribution in [0.25, 0.3) is 27.9 Å². The summed E-state index contributed by atoms with van der Waals surface area (Å²) in [5.74, 6) is -0.466. The van der Waals surface area contributed by atoms with Gasteiger partial charge >= 0.3 is 0 Å². The number of amides is 1. The third-order valence-electron chi connectivity index (χ3n) is 6.79. The maximum atomic E-state index is 13.2. The van der Waals surface area contributed by atoms with Crippen molar-refractivity contribution in [3.05, 3.63) is 87.6 Å². The number of pyridine rings is 2. The maximum Gasteiger partial charge on any atom is 0.257 e. The van der Waals surface area contributed by atoms with E-state index in [2.05, 4.69) is 54.5 Å². The lowest BCUT2D eigenvalue weighted by molar-refractivity contribution is 0.0949. The van der Waals surface area contributed by atoms with Crippen LogP contribution in [0.2, 0.25) is 0 Å². The molecule has 2 N–H and O–H groups in total. The summed E-state index contributed by atoms with van der Waals surface area (Å²) in [5.41, 5.74) is 6.00. The normalized spacial score (nSPS) is 13.8. The number of hydrogen-bond donors (Lipinski definition) is 2. The Morgan fingerprint density at radius 3 is 2.63 bits per heavy atom. The van der Waals surface area contributed by atoms with Gasteiger partial charge in [-0.05, 0) is 37.6 Å². The monoisotopic (exact) mass is 509 g/mol. The molecule has 192 valence electrons. The summed E-state index contributed by atoms with van der Waals surface area (Å²) in [7, 11) is 0. The van der Waals surface area contributed by atoms with E-state index in [4.69, 9.17) is 4.74 Å². The first-order valence-electron chi connectivity index (χ1n) is 12.5. The molecule has 5 aromatic rings. The SMILES string of the molecule is Cc1cc2nc(C)c3c(=O)c(C(=O)NCc4ccc(-c5ccc(N6CCOCC6)cc5)nc4)c[nH]c3n2n1. The quantitative estimate of drug-likeness (QED) is 0.374. The van der Waals surface area contributed by atoms with Crippen molar-refractivity contribution < 1.29 is 9.53 Å². The molecule has 0 spiro atoms. The van der Waals surface area contributed by atoms with Gasteiger partial charge in [-0.1, -0.05) is 18.2 Å². The Morgan fingerprint density at radius 1 is 1.11 bits per heavy atom. The number of anilines is 1. The van der Waals surface area contributed by atoms with E-state index in [9.17, 15) is 9.59 Å². The van der Waals surface area contributed by atoms with E-state index < -0.39 is 5.91 Å². The first kappa shape index (κ1) is 23.8. The van der Waals surface area contributed by atoms with Gasteiger partial charge in [0.15, 0.2) is 5.65 Å². The second kappa shape index (κ2) is 9.71. The number of benzene rings is 1. The molecule has 1 amide bonds. The van der Waals surface area contributed by atoms with E-state index in [1.165, 1.54) is 11.9 Å². The van der Waals surface area contributed by atoms with Crippen LogP contribution in [-0.2, 0) is 11.3 Å². The van der Waals surface area contributed by atoms with Crippen LogP contribution in [0.3, 0.4) is 0 Å². The number of carbonyl (C=O) groups is 1. The van der Waals surface area contributed by atoms with Crippen molar-refractivity contribution >= 4 is 28.3 Å². The highest BCUT2D eigenvalue weighted by atomic mass is 16.5. The molecule has 1 saturated heterocycles. The Balaban J connectivity index is 1.15. The minimum absolute atomic E-state index is 0.0237. The predicted molar refractivity (Wildman–Crippen MR) is 144 cm³/mol. The van der Waals surface area contributed by atoms with Crippen LogP contribution in [0.15, 0.2) is 59.7 Å². The van der Waals surface area contributed by atoms with Gasteiger partial charge in [0.2, 0.25) is 5.43 Å². The van der Waals surface area contributed by atoms with Gasteiger partial charge in [0, 0.05) is 49.3 Å². The number of carbonyl (C=O) groups excluding carboxylic acids is 1. The number of hydrogen-bond acceptors (Lipinski definition) is 7. The third-order valence-corrected chi connectivity index (χ3v) is 6.79. The molecule has 0 unspecified atom stereocenters. The van der Waals surface area contributed by atoms with Crippen LogP contribution in [0, 0.1) is 13.8 Å². The van der Waals surface area contributed by atoms with Crippen LogP contribution < -0.4 is 15.6 Å². The fourth-order valence-corrected chi connectivity index (χ4v) is 4.79. The van der Waals surface area contributed by atoms with Crippen molar-refractivity contribution in [1.29, 1.82) is 0 Å². The van der Waals surface area contributed by atoms with Crippen molar-refractivity contribution in [2.45, 2.75) is 20.4 Å². The van der Waals surface area contributed by atoms with E-state index in [1.807, 2.05) is 25.1 Å². The summed E-state index contributed by atoms with van der Waals surface area (Å²) < 4.78 is 7.01. The summed E-state index contributed by atoms with van der Waals surface area (Å²) >= 11 is 0. The number of nitrogens with zero attached hydrogens (tertiary/aromatic N) is 5. The molecule has 1 aliphatic rings. The van der Waals surface area contributed by atoms with E-state index >= 15 is 0 Å². The van der Waals surface area contributed by atoms with Gasteiger partial charge in [-0.25, -0.2) is 4.98 Å². The highest BCUT2D eigenvalue weighted by molar-refractivity contribution is 5.97. The number of aromatic amines is 1. The largest absolute Gasteiger partial charge is 0.378 e. The van der Waals surface area contributed by atoms with Gasteiger partial charge in [-0.3, -0.25) is 14.6 Å². The molecule has 5 heterocycles. The van der Waals surface area contributed by atoms with Crippen LogP contribution in [0.1, 0.15) is 27.3 Å². The molecule has 10 nitrogen and oxygen atoms in total. The summed E-state index contributed by atoms with van der Waals surface area (Å²) in [6, 6.07) is 14.0. The Morgan fingerprint density at radius 2 is 1.89 bits per heavy atom. The number of H-pyrrole nitrogens is 1. The topological polar surface area (TPSA) is 118 Å². The van der Waals surface area contributed by atoms with Crippen molar-refractivity contribution in [3.63, 3.8) is 0 Å². The molecule has 0 aliphatic carbocycles. The second-order valence-corrected chi connectivity index (χ2v) is 9.39. The molecule has 0 bridgehead atoms. The van der Waals surface area contributed by atoms with Crippen LogP contribution in [-0.4, -0.2) is 56.8 Å².